The molecule has 1 rings (SSSR count). The fourth-order valence-corrected chi connectivity index (χ4v) is 1.09. The van der Waals surface area contributed by atoms with Crippen LogP contribution < -0.4 is 0 Å². The van der Waals surface area contributed by atoms with Crippen molar-refractivity contribution in [2.75, 3.05) is 0 Å². The Morgan fingerprint density at radius 1 is 1.10 bits per heavy atom. The monoisotopic (exact) mass is 144 g/mol. The van der Waals surface area contributed by atoms with Crippen LogP contribution in [0.5, 0.6) is 0 Å². The Bertz CT molecular complexity index is 164. The third kappa shape index (κ3) is 1.66. The van der Waals surface area contributed by atoms with Crippen LogP contribution in [0.3, 0.4) is 0 Å². The van der Waals surface area contributed by atoms with Crippen LogP contribution in [0.15, 0.2) is 23.8 Å². The topological polar surface area (TPSA) is 0 Å². The standard InChI is InChI=1S/C8H10F2/c1-6-2-4-7(5-3-6)8(9)10/h1-5H2. The highest BCUT2D eigenvalue weighted by atomic mass is 19.3. The van der Waals surface area contributed by atoms with Gasteiger partial charge in [-0.1, -0.05) is 12.2 Å². The molecule has 0 amide bonds. The average Bonchev–Trinajstić information content (AvgIpc) is 1.88. The van der Waals surface area contributed by atoms with Crippen molar-refractivity contribution in [3.05, 3.63) is 23.8 Å². The molecule has 0 aliphatic heterocycles. The van der Waals surface area contributed by atoms with Crippen molar-refractivity contribution >= 4 is 0 Å². The molecule has 56 valence electrons. The largest absolute Gasteiger partial charge is 0.269 e. The number of hydrogen-bond donors (Lipinski definition) is 0. The van der Waals surface area contributed by atoms with E-state index in [2.05, 4.69) is 6.58 Å². The highest BCUT2D eigenvalue weighted by Gasteiger charge is 2.12. The van der Waals surface area contributed by atoms with E-state index in [-0.39, 0.29) is 0 Å². The molecule has 0 radical (unpaired) electrons. The summed E-state index contributed by atoms with van der Waals surface area (Å²) in [4.78, 5) is 0. The molecule has 0 unspecified atom stereocenters. The van der Waals surface area contributed by atoms with E-state index in [1.165, 1.54) is 0 Å². The minimum absolute atomic E-state index is 0.326. The zero-order valence-electron chi connectivity index (χ0n) is 5.79. The molecule has 0 aromatic rings. The smallest absolute Gasteiger partial charge is 0.173 e. The molecule has 0 aromatic carbocycles. The molecule has 1 aliphatic rings. The highest BCUT2D eigenvalue weighted by molar-refractivity contribution is 5.13. The molecule has 0 spiro atoms. The number of hydrogen-bond acceptors (Lipinski definition) is 0. The van der Waals surface area contributed by atoms with Crippen molar-refractivity contribution in [3.63, 3.8) is 0 Å². The van der Waals surface area contributed by atoms with Gasteiger partial charge in [0.1, 0.15) is 0 Å². The molecule has 10 heavy (non-hydrogen) atoms. The second kappa shape index (κ2) is 2.95. The van der Waals surface area contributed by atoms with Crippen LogP contribution in [-0.2, 0) is 0 Å². The zero-order valence-corrected chi connectivity index (χ0v) is 5.79. The van der Waals surface area contributed by atoms with E-state index in [1.54, 1.807) is 0 Å². The first-order chi connectivity index (χ1) is 4.70. The maximum absolute atomic E-state index is 11.9. The summed E-state index contributed by atoms with van der Waals surface area (Å²) in [5.41, 5.74) is 1.43. The third-order valence-electron chi connectivity index (χ3n) is 1.83. The van der Waals surface area contributed by atoms with Gasteiger partial charge in [0.25, 0.3) is 6.08 Å². The van der Waals surface area contributed by atoms with E-state index >= 15 is 0 Å². The summed E-state index contributed by atoms with van der Waals surface area (Å²) in [7, 11) is 0. The maximum atomic E-state index is 11.9. The minimum atomic E-state index is -1.48. The van der Waals surface area contributed by atoms with Crippen LogP contribution in [-0.4, -0.2) is 0 Å². The SMILES string of the molecule is C=C1CCC(=C(F)F)CC1. The summed E-state index contributed by atoms with van der Waals surface area (Å²) in [5, 5.41) is 0. The molecule has 0 saturated heterocycles. The molecular weight excluding hydrogens is 134 g/mol. The number of rotatable bonds is 0. The van der Waals surface area contributed by atoms with Gasteiger partial charge in [0.2, 0.25) is 0 Å². The Hall–Kier alpha value is -0.660. The van der Waals surface area contributed by atoms with Crippen LogP contribution in [0.2, 0.25) is 0 Å². The van der Waals surface area contributed by atoms with Gasteiger partial charge in [-0.15, -0.1) is 0 Å². The summed E-state index contributed by atoms with van der Waals surface area (Å²) in [6, 6.07) is 0. The van der Waals surface area contributed by atoms with Gasteiger partial charge in [0.15, 0.2) is 0 Å². The van der Waals surface area contributed by atoms with E-state index < -0.39 is 6.08 Å². The van der Waals surface area contributed by atoms with Gasteiger partial charge in [-0.05, 0) is 31.3 Å². The van der Waals surface area contributed by atoms with E-state index in [1.807, 2.05) is 0 Å². The van der Waals surface area contributed by atoms with Crippen molar-refractivity contribution in [2.45, 2.75) is 25.7 Å². The molecule has 1 saturated carbocycles. The van der Waals surface area contributed by atoms with E-state index in [0.717, 1.165) is 18.4 Å². The molecule has 0 nitrogen and oxygen atoms in total. The minimum Gasteiger partial charge on any atom is -0.173 e. The molecule has 0 bridgehead atoms. The molecule has 0 N–H and O–H groups in total. The lowest BCUT2D eigenvalue weighted by Gasteiger charge is -2.14. The molecular formula is C8H10F2. The molecule has 1 aliphatic carbocycles. The van der Waals surface area contributed by atoms with Gasteiger partial charge in [0, 0.05) is 0 Å². The lowest BCUT2D eigenvalue weighted by atomic mass is 9.92. The highest BCUT2D eigenvalue weighted by Crippen LogP contribution is 2.29. The summed E-state index contributed by atoms with van der Waals surface area (Å²) in [5.74, 6) is 0. The lowest BCUT2D eigenvalue weighted by Crippen LogP contribution is -1.96. The van der Waals surface area contributed by atoms with Gasteiger partial charge >= 0.3 is 0 Å². The van der Waals surface area contributed by atoms with Crippen LogP contribution in [0.1, 0.15) is 25.7 Å². The van der Waals surface area contributed by atoms with Crippen LogP contribution in [0.25, 0.3) is 0 Å². The van der Waals surface area contributed by atoms with Gasteiger partial charge in [0.05, 0.1) is 0 Å². The quantitative estimate of drug-likeness (QED) is 0.458. The Labute approximate surface area is 59.2 Å². The zero-order chi connectivity index (χ0) is 7.56. The lowest BCUT2D eigenvalue weighted by molar-refractivity contribution is 0.400. The van der Waals surface area contributed by atoms with Crippen molar-refractivity contribution in [3.8, 4) is 0 Å². The predicted molar refractivity (Wildman–Crippen MR) is 36.9 cm³/mol. The Kier molecular flexibility index (Phi) is 2.20. The second-order valence-electron chi connectivity index (χ2n) is 2.61. The fourth-order valence-electron chi connectivity index (χ4n) is 1.09. The van der Waals surface area contributed by atoms with Gasteiger partial charge in [-0.2, -0.15) is 8.78 Å². The molecule has 0 aromatic heterocycles. The molecule has 1 fully saturated rings. The van der Waals surface area contributed by atoms with Gasteiger partial charge < -0.3 is 0 Å². The fraction of sp³-hybridized carbons (Fsp3) is 0.500. The third-order valence-corrected chi connectivity index (χ3v) is 1.83. The summed E-state index contributed by atoms with van der Waals surface area (Å²) >= 11 is 0. The van der Waals surface area contributed by atoms with E-state index in [0.29, 0.717) is 18.4 Å². The van der Waals surface area contributed by atoms with E-state index in [4.69, 9.17) is 0 Å². The van der Waals surface area contributed by atoms with Crippen LogP contribution in [0.4, 0.5) is 8.78 Å². The van der Waals surface area contributed by atoms with Crippen molar-refractivity contribution in [2.24, 2.45) is 0 Å². The van der Waals surface area contributed by atoms with E-state index in [9.17, 15) is 8.78 Å². The maximum Gasteiger partial charge on any atom is 0.269 e. The summed E-state index contributed by atoms with van der Waals surface area (Å²) < 4.78 is 23.8. The summed E-state index contributed by atoms with van der Waals surface area (Å²) in [6.45, 7) is 3.74. The Morgan fingerprint density at radius 3 is 2.00 bits per heavy atom. The Morgan fingerprint density at radius 2 is 1.60 bits per heavy atom. The second-order valence-corrected chi connectivity index (χ2v) is 2.61. The normalized spacial score (nSPS) is 19.4. The van der Waals surface area contributed by atoms with Crippen molar-refractivity contribution in [1.82, 2.24) is 0 Å². The molecule has 0 atom stereocenters. The first-order valence-corrected chi connectivity index (χ1v) is 3.40. The first kappa shape index (κ1) is 7.45. The average molecular weight is 144 g/mol. The van der Waals surface area contributed by atoms with Crippen LogP contribution >= 0.6 is 0 Å². The van der Waals surface area contributed by atoms with Gasteiger partial charge in [-0.3, -0.25) is 0 Å². The van der Waals surface area contributed by atoms with Gasteiger partial charge in [-0.25, -0.2) is 0 Å². The summed E-state index contributed by atoms with van der Waals surface area (Å²) in [6.07, 6.45) is 1.04. The first-order valence-electron chi connectivity index (χ1n) is 3.40. The van der Waals surface area contributed by atoms with Crippen molar-refractivity contribution < 1.29 is 8.78 Å². The van der Waals surface area contributed by atoms with Crippen molar-refractivity contribution in [1.29, 1.82) is 0 Å². The molecule has 2 heteroatoms. The predicted octanol–water partition coefficient (Wildman–Crippen LogP) is 3.27. The Balaban J connectivity index is 2.56. The number of allylic oxidation sites excluding steroid dienone is 2. The van der Waals surface area contributed by atoms with Crippen LogP contribution in [0, 0.1) is 0 Å². The number of halogens is 2. The molecule has 0 heterocycles.